The van der Waals surface area contributed by atoms with Crippen LogP contribution < -0.4 is 16.4 Å². The smallest absolute Gasteiger partial charge is 0.221 e. The molecule has 2 heterocycles. The quantitative estimate of drug-likeness (QED) is 0.721. The average molecular weight is 252 g/mol. The largest absolute Gasteiger partial charge is 0.368 e. The molecule has 4 N–H and O–H groups in total. The minimum atomic E-state index is 0. The van der Waals surface area contributed by atoms with E-state index in [1.807, 2.05) is 6.07 Å². The minimum absolute atomic E-state index is 0. The van der Waals surface area contributed by atoms with E-state index in [1.165, 1.54) is 0 Å². The lowest BCUT2D eigenvalue weighted by molar-refractivity contribution is 0.787. The van der Waals surface area contributed by atoms with Crippen LogP contribution in [0.1, 0.15) is 6.42 Å². The average Bonchev–Trinajstić information content (AvgIpc) is 2.57. The fourth-order valence-corrected chi connectivity index (χ4v) is 1.44. The second-order valence-corrected chi connectivity index (χ2v) is 3.13. The third-order valence-electron chi connectivity index (χ3n) is 2.09. The van der Waals surface area contributed by atoms with Gasteiger partial charge in [0.15, 0.2) is 0 Å². The van der Waals surface area contributed by atoms with E-state index in [0.29, 0.717) is 12.0 Å². The molecule has 0 radical (unpaired) electrons. The Bertz CT molecular complexity index is 290. The maximum atomic E-state index is 5.46. The van der Waals surface area contributed by atoms with Gasteiger partial charge >= 0.3 is 0 Å². The standard InChI is InChI=1S/C8H13N5.2ClH/c9-8-11-4-2-7(13-8)12-6-1-3-10-5-6;;/h2,4,6,10H,1,3,5H2,(H3,9,11,12,13);2*1H/t6-;;/m1../s1. The zero-order chi connectivity index (χ0) is 9.10. The molecule has 0 spiro atoms. The molecule has 15 heavy (non-hydrogen) atoms. The van der Waals surface area contributed by atoms with Crippen LogP contribution in [0, 0.1) is 0 Å². The van der Waals surface area contributed by atoms with Crippen molar-refractivity contribution in [2.45, 2.75) is 12.5 Å². The Morgan fingerprint density at radius 3 is 2.87 bits per heavy atom. The van der Waals surface area contributed by atoms with Gasteiger partial charge in [0.25, 0.3) is 0 Å². The molecule has 1 atom stereocenters. The Morgan fingerprint density at radius 2 is 2.27 bits per heavy atom. The second kappa shape index (κ2) is 6.66. The van der Waals surface area contributed by atoms with Crippen LogP contribution in [-0.2, 0) is 0 Å². The third-order valence-corrected chi connectivity index (χ3v) is 2.09. The molecule has 0 aliphatic carbocycles. The van der Waals surface area contributed by atoms with E-state index in [0.717, 1.165) is 25.3 Å². The lowest BCUT2D eigenvalue weighted by Crippen LogP contribution is -2.22. The van der Waals surface area contributed by atoms with Crippen molar-refractivity contribution in [3.8, 4) is 0 Å². The van der Waals surface area contributed by atoms with E-state index in [1.54, 1.807) is 6.20 Å². The molecule has 1 aromatic rings. The Morgan fingerprint density at radius 1 is 1.47 bits per heavy atom. The number of hydrogen-bond acceptors (Lipinski definition) is 5. The van der Waals surface area contributed by atoms with Gasteiger partial charge in [0.05, 0.1) is 0 Å². The molecule has 86 valence electrons. The van der Waals surface area contributed by atoms with Crippen molar-refractivity contribution >= 4 is 36.6 Å². The number of nitrogen functional groups attached to an aromatic ring is 1. The summed E-state index contributed by atoms with van der Waals surface area (Å²) in [7, 11) is 0. The van der Waals surface area contributed by atoms with E-state index < -0.39 is 0 Å². The lowest BCUT2D eigenvalue weighted by Gasteiger charge is -2.11. The topological polar surface area (TPSA) is 75.9 Å². The highest BCUT2D eigenvalue weighted by Gasteiger charge is 2.13. The first-order valence-corrected chi connectivity index (χ1v) is 4.40. The maximum Gasteiger partial charge on any atom is 0.221 e. The van der Waals surface area contributed by atoms with Crippen molar-refractivity contribution in [3.63, 3.8) is 0 Å². The number of nitrogens with zero attached hydrogens (tertiary/aromatic N) is 2. The van der Waals surface area contributed by atoms with Gasteiger partial charge in [-0.25, -0.2) is 4.98 Å². The van der Waals surface area contributed by atoms with Gasteiger partial charge in [0.1, 0.15) is 5.82 Å². The molecule has 1 aromatic heterocycles. The summed E-state index contributed by atoms with van der Waals surface area (Å²) in [6.07, 6.45) is 2.79. The predicted octanol–water partition coefficient (Wildman–Crippen LogP) is 0.676. The summed E-state index contributed by atoms with van der Waals surface area (Å²) in [6.45, 7) is 2.06. The second-order valence-electron chi connectivity index (χ2n) is 3.13. The van der Waals surface area contributed by atoms with Crippen molar-refractivity contribution in [2.24, 2.45) is 0 Å². The molecule has 5 nitrogen and oxygen atoms in total. The molecule has 1 saturated heterocycles. The van der Waals surface area contributed by atoms with Gasteiger partial charge in [0, 0.05) is 18.8 Å². The summed E-state index contributed by atoms with van der Waals surface area (Å²) in [4.78, 5) is 7.89. The van der Waals surface area contributed by atoms with E-state index in [9.17, 15) is 0 Å². The van der Waals surface area contributed by atoms with Crippen molar-refractivity contribution in [1.82, 2.24) is 15.3 Å². The van der Waals surface area contributed by atoms with Crippen molar-refractivity contribution in [2.75, 3.05) is 24.1 Å². The monoisotopic (exact) mass is 251 g/mol. The molecule has 7 heteroatoms. The summed E-state index contributed by atoms with van der Waals surface area (Å²) in [6, 6.07) is 2.30. The van der Waals surface area contributed by atoms with Crippen LogP contribution in [0.2, 0.25) is 0 Å². The Balaban J connectivity index is 0.000000980. The van der Waals surface area contributed by atoms with Crippen LogP contribution in [0.5, 0.6) is 0 Å². The molecular formula is C8H15Cl2N5. The molecule has 0 unspecified atom stereocenters. The maximum absolute atomic E-state index is 5.46. The van der Waals surface area contributed by atoms with Crippen LogP contribution in [0.3, 0.4) is 0 Å². The van der Waals surface area contributed by atoms with E-state index in [2.05, 4.69) is 20.6 Å². The molecule has 0 bridgehead atoms. The van der Waals surface area contributed by atoms with Crippen LogP contribution >= 0.6 is 24.8 Å². The summed E-state index contributed by atoms with van der Waals surface area (Å²) in [5, 5.41) is 6.56. The summed E-state index contributed by atoms with van der Waals surface area (Å²) >= 11 is 0. The van der Waals surface area contributed by atoms with E-state index >= 15 is 0 Å². The van der Waals surface area contributed by atoms with Gasteiger partial charge in [-0.15, -0.1) is 24.8 Å². The Labute approximate surface area is 101 Å². The summed E-state index contributed by atoms with van der Waals surface area (Å²) in [5.41, 5.74) is 5.46. The fourth-order valence-electron chi connectivity index (χ4n) is 1.44. The van der Waals surface area contributed by atoms with Crippen LogP contribution in [0.25, 0.3) is 0 Å². The zero-order valence-electron chi connectivity index (χ0n) is 8.14. The number of halogens is 2. The first-order valence-electron chi connectivity index (χ1n) is 4.40. The van der Waals surface area contributed by atoms with Crippen LogP contribution in [-0.4, -0.2) is 29.1 Å². The number of rotatable bonds is 2. The Kier molecular flexibility index (Phi) is 6.31. The zero-order valence-corrected chi connectivity index (χ0v) is 9.77. The molecule has 0 aromatic carbocycles. The van der Waals surface area contributed by atoms with Gasteiger partial charge in [-0.05, 0) is 19.0 Å². The van der Waals surface area contributed by atoms with Crippen LogP contribution in [0.15, 0.2) is 12.3 Å². The normalized spacial score (nSPS) is 18.8. The van der Waals surface area contributed by atoms with E-state index in [-0.39, 0.29) is 24.8 Å². The minimum Gasteiger partial charge on any atom is -0.368 e. The molecule has 1 aliphatic rings. The number of aromatic nitrogens is 2. The number of anilines is 2. The summed E-state index contributed by atoms with van der Waals surface area (Å²) < 4.78 is 0. The molecule has 1 aliphatic heterocycles. The summed E-state index contributed by atoms with van der Waals surface area (Å²) in [5.74, 6) is 1.12. The first kappa shape index (κ1) is 14.2. The highest BCUT2D eigenvalue weighted by atomic mass is 35.5. The first-order chi connectivity index (χ1) is 6.34. The van der Waals surface area contributed by atoms with Crippen molar-refractivity contribution in [1.29, 1.82) is 0 Å². The van der Waals surface area contributed by atoms with Crippen LogP contribution in [0.4, 0.5) is 11.8 Å². The third kappa shape index (κ3) is 4.07. The van der Waals surface area contributed by atoms with Gasteiger partial charge in [-0.3, -0.25) is 0 Å². The molecule has 0 saturated carbocycles. The van der Waals surface area contributed by atoms with Gasteiger partial charge in [0.2, 0.25) is 5.95 Å². The predicted molar refractivity (Wildman–Crippen MR) is 65.8 cm³/mol. The van der Waals surface area contributed by atoms with Gasteiger partial charge in [-0.2, -0.15) is 4.98 Å². The van der Waals surface area contributed by atoms with Gasteiger partial charge in [-0.1, -0.05) is 0 Å². The number of nitrogens with two attached hydrogens (primary N) is 1. The van der Waals surface area contributed by atoms with Crippen molar-refractivity contribution < 1.29 is 0 Å². The molecule has 2 rings (SSSR count). The fraction of sp³-hybridized carbons (Fsp3) is 0.500. The highest BCUT2D eigenvalue weighted by molar-refractivity contribution is 5.85. The molecular weight excluding hydrogens is 237 g/mol. The van der Waals surface area contributed by atoms with Gasteiger partial charge < -0.3 is 16.4 Å². The number of hydrogen-bond donors (Lipinski definition) is 3. The SMILES string of the molecule is Cl.Cl.Nc1nccc(N[C@@H]2CCNC2)n1. The highest BCUT2D eigenvalue weighted by Crippen LogP contribution is 2.08. The lowest BCUT2D eigenvalue weighted by atomic mass is 10.2. The van der Waals surface area contributed by atoms with E-state index in [4.69, 9.17) is 5.73 Å². The number of nitrogens with one attached hydrogen (secondary N) is 2. The Hall–Kier alpha value is -0.780. The van der Waals surface area contributed by atoms with Crippen molar-refractivity contribution in [3.05, 3.63) is 12.3 Å². The molecule has 0 amide bonds. The molecule has 1 fully saturated rings.